The van der Waals surface area contributed by atoms with Gasteiger partial charge in [0.1, 0.15) is 6.23 Å². The number of aromatic nitrogens is 2. The smallest absolute Gasteiger partial charge is 0.330 e. The maximum atomic E-state index is 11.7. The molecule has 0 amide bonds. The molecule has 2 rings (SSSR count). The van der Waals surface area contributed by atoms with E-state index in [9.17, 15) is 19.8 Å². The van der Waals surface area contributed by atoms with Crippen LogP contribution in [0, 0.1) is 6.92 Å². The minimum absolute atomic E-state index is 0.0645. The molecule has 20 heavy (non-hydrogen) atoms. The maximum Gasteiger partial charge on any atom is 0.330 e. The highest BCUT2D eigenvalue weighted by Crippen LogP contribution is 2.37. The molecule has 1 saturated heterocycles. The van der Waals surface area contributed by atoms with Crippen LogP contribution in [0.5, 0.6) is 0 Å². The van der Waals surface area contributed by atoms with Gasteiger partial charge in [0.2, 0.25) is 0 Å². The summed E-state index contributed by atoms with van der Waals surface area (Å²) < 4.78 is 6.41. The summed E-state index contributed by atoms with van der Waals surface area (Å²) in [6.45, 7) is 0.776. The van der Waals surface area contributed by atoms with Crippen LogP contribution in [0.15, 0.2) is 20.9 Å². The van der Waals surface area contributed by atoms with E-state index in [1.165, 1.54) is 13.1 Å². The van der Waals surface area contributed by atoms with Gasteiger partial charge >= 0.3 is 5.69 Å². The Hall–Kier alpha value is -2.13. The highest BCUT2D eigenvalue weighted by molar-refractivity contribution is 5.03. The van der Waals surface area contributed by atoms with Gasteiger partial charge in [0, 0.05) is 23.1 Å². The highest BCUT2D eigenvalue weighted by Gasteiger charge is 2.48. The predicted octanol–water partition coefficient (Wildman–Crippen LogP) is -0.876. The number of nitrogens with zero attached hydrogens (tertiary/aromatic N) is 4. The maximum absolute atomic E-state index is 11.7. The van der Waals surface area contributed by atoms with Gasteiger partial charge in [-0.05, 0) is 12.5 Å². The van der Waals surface area contributed by atoms with Crippen molar-refractivity contribution < 1.29 is 14.9 Å². The van der Waals surface area contributed by atoms with Gasteiger partial charge in [-0.3, -0.25) is 14.3 Å². The molecular formula is C10H13N5O5. The Labute approximate surface area is 111 Å². The zero-order valence-electron chi connectivity index (χ0n) is 10.6. The summed E-state index contributed by atoms with van der Waals surface area (Å²) in [6, 6.07) is 0. The quantitative estimate of drug-likeness (QED) is 0.373. The minimum atomic E-state index is -1.83. The zero-order chi connectivity index (χ0) is 14.9. The number of nitrogens with one attached hydrogen (secondary N) is 1. The number of H-pyrrole nitrogens is 1. The summed E-state index contributed by atoms with van der Waals surface area (Å²) in [5.74, 6) is 0. The summed E-state index contributed by atoms with van der Waals surface area (Å²) in [7, 11) is 0. The molecule has 10 nitrogen and oxygen atoms in total. The second kappa shape index (κ2) is 5.10. The first kappa shape index (κ1) is 14.3. The lowest BCUT2D eigenvalue weighted by Gasteiger charge is -2.24. The van der Waals surface area contributed by atoms with Crippen LogP contribution in [-0.2, 0) is 4.74 Å². The van der Waals surface area contributed by atoms with E-state index in [0.29, 0.717) is 0 Å². The van der Waals surface area contributed by atoms with Crippen molar-refractivity contribution in [3.63, 3.8) is 0 Å². The first-order chi connectivity index (χ1) is 9.43. The van der Waals surface area contributed by atoms with Crippen molar-refractivity contribution in [1.29, 1.82) is 0 Å². The summed E-state index contributed by atoms with van der Waals surface area (Å²) >= 11 is 0. The standard InChI is InChI=1S/C10H13N5O5/c1-5-3-15(9(19)12-8(5)18)7-2-6(17)10(4-16,20-7)13-14-11/h3,6-7,16-17H,2,4H2,1H3,(H,12,18,19)/t6-,7-,10+/m0/s1. The second-order valence-electron chi connectivity index (χ2n) is 4.50. The number of aryl methyl sites for hydroxylation is 1. The van der Waals surface area contributed by atoms with Gasteiger partial charge in [0.15, 0.2) is 5.72 Å². The van der Waals surface area contributed by atoms with E-state index in [1.54, 1.807) is 0 Å². The lowest BCUT2D eigenvalue weighted by atomic mass is 10.1. The number of aliphatic hydroxyl groups is 2. The van der Waals surface area contributed by atoms with Crippen LogP contribution in [-0.4, -0.2) is 38.2 Å². The molecule has 0 radical (unpaired) electrons. The average molecular weight is 283 g/mol. The molecule has 0 unspecified atom stereocenters. The van der Waals surface area contributed by atoms with Crippen LogP contribution in [0.3, 0.4) is 0 Å². The molecule has 1 aromatic heterocycles. The molecule has 3 atom stereocenters. The fraction of sp³-hybridized carbons (Fsp3) is 0.600. The van der Waals surface area contributed by atoms with Gasteiger partial charge < -0.3 is 14.9 Å². The van der Waals surface area contributed by atoms with Crippen molar-refractivity contribution in [3.05, 3.63) is 43.0 Å². The van der Waals surface area contributed by atoms with Crippen LogP contribution >= 0.6 is 0 Å². The minimum Gasteiger partial charge on any atom is -0.393 e. The third-order valence-electron chi connectivity index (χ3n) is 3.18. The number of hydrogen-bond acceptors (Lipinski definition) is 6. The van der Waals surface area contributed by atoms with E-state index in [-0.39, 0.29) is 12.0 Å². The zero-order valence-corrected chi connectivity index (χ0v) is 10.6. The SMILES string of the molecule is Cc1cn([C@@H]2C[C@H](O)[C@](CO)(N=[N+]=[N-])O2)c(=O)[nH]c1=O. The number of azide groups is 1. The molecule has 3 N–H and O–H groups in total. The van der Waals surface area contributed by atoms with Gasteiger partial charge in [-0.25, -0.2) is 4.79 Å². The topological polar surface area (TPSA) is 153 Å². The van der Waals surface area contributed by atoms with Crippen molar-refractivity contribution >= 4 is 0 Å². The van der Waals surface area contributed by atoms with E-state index in [1.807, 2.05) is 0 Å². The number of ether oxygens (including phenoxy) is 1. The molecule has 0 aliphatic carbocycles. The molecule has 1 aromatic rings. The molecule has 0 bridgehead atoms. The van der Waals surface area contributed by atoms with E-state index in [0.717, 1.165) is 4.57 Å². The first-order valence-corrected chi connectivity index (χ1v) is 5.78. The number of rotatable bonds is 3. The summed E-state index contributed by atoms with van der Waals surface area (Å²) in [6.07, 6.45) is -1.01. The monoisotopic (exact) mass is 283 g/mol. The molecule has 1 aliphatic heterocycles. The molecule has 2 heterocycles. The van der Waals surface area contributed by atoms with E-state index < -0.39 is 35.9 Å². The Morgan fingerprint density at radius 3 is 3.00 bits per heavy atom. The molecular weight excluding hydrogens is 270 g/mol. The van der Waals surface area contributed by atoms with Crippen LogP contribution < -0.4 is 11.2 Å². The molecule has 1 fully saturated rings. The Balaban J connectivity index is 2.43. The highest BCUT2D eigenvalue weighted by atomic mass is 16.6. The van der Waals surface area contributed by atoms with E-state index in [2.05, 4.69) is 15.0 Å². The van der Waals surface area contributed by atoms with Gasteiger partial charge in [-0.1, -0.05) is 5.11 Å². The van der Waals surface area contributed by atoms with Gasteiger partial charge in [0.25, 0.3) is 5.56 Å². The molecule has 10 heteroatoms. The largest absolute Gasteiger partial charge is 0.393 e. The van der Waals surface area contributed by atoms with Crippen molar-refractivity contribution in [2.45, 2.75) is 31.4 Å². The lowest BCUT2D eigenvalue weighted by Crippen LogP contribution is -2.41. The van der Waals surface area contributed by atoms with Crippen molar-refractivity contribution in [1.82, 2.24) is 9.55 Å². The predicted molar refractivity (Wildman–Crippen MR) is 65.8 cm³/mol. The van der Waals surface area contributed by atoms with E-state index >= 15 is 0 Å². The van der Waals surface area contributed by atoms with Gasteiger partial charge in [-0.15, -0.1) is 0 Å². The van der Waals surface area contributed by atoms with Crippen LogP contribution in [0.1, 0.15) is 18.2 Å². The Morgan fingerprint density at radius 1 is 1.70 bits per heavy atom. The Kier molecular flexibility index (Phi) is 3.64. The van der Waals surface area contributed by atoms with Crippen LogP contribution in [0.2, 0.25) is 0 Å². The third kappa shape index (κ3) is 2.21. The molecule has 1 aliphatic rings. The van der Waals surface area contributed by atoms with E-state index in [4.69, 9.17) is 10.3 Å². The lowest BCUT2D eigenvalue weighted by molar-refractivity contribution is -0.124. The first-order valence-electron chi connectivity index (χ1n) is 5.78. The van der Waals surface area contributed by atoms with Crippen molar-refractivity contribution in [2.24, 2.45) is 5.11 Å². The molecule has 108 valence electrons. The summed E-state index contributed by atoms with van der Waals surface area (Å²) in [5, 5.41) is 22.4. The fourth-order valence-corrected chi connectivity index (χ4v) is 2.05. The fourth-order valence-electron chi connectivity index (χ4n) is 2.05. The van der Waals surface area contributed by atoms with Gasteiger partial charge in [0.05, 0.1) is 12.7 Å². The summed E-state index contributed by atoms with van der Waals surface area (Å²) in [4.78, 5) is 27.6. The molecule has 0 aromatic carbocycles. The molecule has 0 spiro atoms. The Morgan fingerprint density at radius 2 is 2.40 bits per heavy atom. The number of hydrogen-bond donors (Lipinski definition) is 3. The van der Waals surface area contributed by atoms with Crippen molar-refractivity contribution in [2.75, 3.05) is 6.61 Å². The Bertz CT molecular complexity index is 675. The summed E-state index contributed by atoms with van der Waals surface area (Å²) in [5.41, 5.74) is 5.69. The second-order valence-corrected chi connectivity index (χ2v) is 4.50. The number of aromatic amines is 1. The normalized spacial score (nSPS) is 29.1. The third-order valence-corrected chi connectivity index (χ3v) is 3.18. The van der Waals surface area contributed by atoms with Crippen LogP contribution in [0.4, 0.5) is 0 Å². The van der Waals surface area contributed by atoms with Gasteiger partial charge in [-0.2, -0.15) is 0 Å². The molecule has 0 saturated carbocycles. The average Bonchev–Trinajstić information content (AvgIpc) is 2.72. The van der Waals surface area contributed by atoms with Crippen molar-refractivity contribution in [3.8, 4) is 0 Å². The number of aliphatic hydroxyl groups excluding tert-OH is 2. The van der Waals surface area contributed by atoms with Crippen LogP contribution in [0.25, 0.3) is 10.4 Å².